The van der Waals surface area contributed by atoms with Crippen molar-refractivity contribution in [2.45, 2.75) is 16.3 Å². The number of amides is 2. The van der Waals surface area contributed by atoms with E-state index in [0.717, 1.165) is 21.6 Å². The predicted molar refractivity (Wildman–Crippen MR) is 137 cm³/mol. The molecule has 1 heterocycles. The van der Waals surface area contributed by atoms with E-state index in [-0.39, 0.29) is 17.1 Å². The van der Waals surface area contributed by atoms with Crippen LogP contribution in [-0.2, 0) is 11.3 Å². The molecule has 6 nitrogen and oxygen atoms in total. The van der Waals surface area contributed by atoms with E-state index in [4.69, 9.17) is 34.8 Å². The van der Waals surface area contributed by atoms with Gasteiger partial charge in [-0.3, -0.25) is 24.6 Å². The van der Waals surface area contributed by atoms with Gasteiger partial charge in [-0.15, -0.1) is 0 Å². The molecule has 3 aromatic carbocycles. The number of carbonyl (C=O) groups is 2. The van der Waals surface area contributed by atoms with Gasteiger partial charge < -0.3 is 0 Å². The standard InChI is InChI=1S/C23H13Cl3N2O4S2/c24-15-3-5-16(6-4-15)33-20-8-2-13(10-19(20)28(31)32)11-21-22(29)27(23(30)34-21)12-14-1-7-17(25)18(26)9-14/h1-11H,12H2/b21-11-. The first-order valence-corrected chi connectivity index (χ1v) is 12.4. The molecule has 0 aliphatic carbocycles. The molecule has 1 aliphatic heterocycles. The van der Waals surface area contributed by atoms with Gasteiger partial charge in [0, 0.05) is 16.0 Å². The summed E-state index contributed by atoms with van der Waals surface area (Å²) in [6, 6.07) is 16.5. The summed E-state index contributed by atoms with van der Waals surface area (Å²) in [6.07, 6.45) is 1.48. The summed E-state index contributed by atoms with van der Waals surface area (Å²) >= 11 is 19.8. The van der Waals surface area contributed by atoms with Gasteiger partial charge in [0.15, 0.2) is 0 Å². The van der Waals surface area contributed by atoms with Gasteiger partial charge in [0.05, 0.1) is 31.3 Å². The Bertz CT molecular complexity index is 1350. The summed E-state index contributed by atoms with van der Waals surface area (Å²) < 4.78 is 0. The normalized spacial score (nSPS) is 14.8. The van der Waals surface area contributed by atoms with Gasteiger partial charge in [0.2, 0.25) is 0 Å². The number of nitro benzene ring substituents is 1. The van der Waals surface area contributed by atoms with Crippen LogP contribution in [0.25, 0.3) is 6.08 Å². The number of nitrogens with zero attached hydrogens (tertiary/aromatic N) is 2. The fraction of sp³-hybridized carbons (Fsp3) is 0.0435. The predicted octanol–water partition coefficient (Wildman–Crippen LogP) is 7.94. The van der Waals surface area contributed by atoms with Crippen molar-refractivity contribution >= 4 is 81.2 Å². The summed E-state index contributed by atoms with van der Waals surface area (Å²) in [6.45, 7) is 0.0374. The van der Waals surface area contributed by atoms with Gasteiger partial charge in [0.25, 0.3) is 16.8 Å². The highest BCUT2D eigenvalue weighted by Gasteiger charge is 2.35. The minimum Gasteiger partial charge on any atom is -0.268 e. The maximum Gasteiger partial charge on any atom is 0.293 e. The number of thioether (sulfide) groups is 1. The molecule has 34 heavy (non-hydrogen) atoms. The Kier molecular flexibility index (Phi) is 7.54. The third-order valence-corrected chi connectivity index (χ3v) is 7.69. The lowest BCUT2D eigenvalue weighted by Crippen LogP contribution is -2.27. The number of imide groups is 1. The van der Waals surface area contributed by atoms with Gasteiger partial charge in [-0.2, -0.15) is 0 Å². The molecule has 0 bridgehead atoms. The number of nitro groups is 1. The Labute approximate surface area is 218 Å². The van der Waals surface area contributed by atoms with Crippen LogP contribution in [0.5, 0.6) is 0 Å². The van der Waals surface area contributed by atoms with Gasteiger partial charge >= 0.3 is 0 Å². The van der Waals surface area contributed by atoms with Gasteiger partial charge in [-0.05, 0) is 71.4 Å². The highest BCUT2D eigenvalue weighted by atomic mass is 35.5. The zero-order chi connectivity index (χ0) is 24.4. The Morgan fingerprint density at radius 1 is 0.971 bits per heavy atom. The molecule has 0 atom stereocenters. The average molecular weight is 552 g/mol. The first-order valence-electron chi connectivity index (χ1n) is 9.62. The molecule has 2 amide bonds. The molecular formula is C23H13Cl3N2O4S2. The Balaban J connectivity index is 1.56. The molecule has 0 unspecified atom stereocenters. The van der Waals surface area contributed by atoms with Crippen molar-refractivity contribution in [3.63, 3.8) is 0 Å². The van der Waals surface area contributed by atoms with Gasteiger partial charge in [-0.25, -0.2) is 0 Å². The lowest BCUT2D eigenvalue weighted by Gasteiger charge is -2.12. The largest absolute Gasteiger partial charge is 0.293 e. The number of hydrogen-bond acceptors (Lipinski definition) is 6. The van der Waals surface area contributed by atoms with E-state index in [9.17, 15) is 19.7 Å². The Hall–Kier alpha value is -2.49. The second-order valence-corrected chi connectivity index (χ2v) is 10.4. The van der Waals surface area contributed by atoms with Crippen molar-refractivity contribution in [2.75, 3.05) is 0 Å². The molecule has 3 aromatic rings. The van der Waals surface area contributed by atoms with E-state index in [2.05, 4.69) is 0 Å². The van der Waals surface area contributed by atoms with Crippen molar-refractivity contribution in [1.29, 1.82) is 0 Å². The highest BCUT2D eigenvalue weighted by Crippen LogP contribution is 2.38. The van der Waals surface area contributed by atoms with Crippen LogP contribution in [0.4, 0.5) is 10.5 Å². The molecule has 172 valence electrons. The number of halogens is 3. The van der Waals surface area contributed by atoms with E-state index in [1.807, 2.05) is 0 Å². The van der Waals surface area contributed by atoms with Crippen LogP contribution in [0.1, 0.15) is 11.1 Å². The van der Waals surface area contributed by atoms with E-state index in [1.165, 1.54) is 23.9 Å². The second-order valence-electron chi connectivity index (χ2n) is 7.06. The van der Waals surface area contributed by atoms with Crippen molar-refractivity contribution in [3.8, 4) is 0 Å². The van der Waals surface area contributed by atoms with E-state index < -0.39 is 16.1 Å². The summed E-state index contributed by atoms with van der Waals surface area (Å²) in [7, 11) is 0. The first-order chi connectivity index (χ1) is 16.2. The summed E-state index contributed by atoms with van der Waals surface area (Å²) in [5.41, 5.74) is 0.980. The summed E-state index contributed by atoms with van der Waals surface area (Å²) in [5.74, 6) is -0.483. The van der Waals surface area contributed by atoms with E-state index >= 15 is 0 Å². The van der Waals surface area contributed by atoms with Crippen LogP contribution in [0.2, 0.25) is 15.1 Å². The fourth-order valence-corrected chi connectivity index (χ4v) is 5.28. The number of benzene rings is 3. The molecule has 0 saturated carbocycles. The smallest absolute Gasteiger partial charge is 0.268 e. The lowest BCUT2D eigenvalue weighted by molar-refractivity contribution is -0.387. The van der Waals surface area contributed by atoms with Crippen LogP contribution in [0.15, 0.2) is 75.4 Å². The third kappa shape index (κ3) is 5.59. The van der Waals surface area contributed by atoms with Crippen molar-refractivity contribution in [2.24, 2.45) is 0 Å². The fourth-order valence-electron chi connectivity index (χ4n) is 3.09. The minimum absolute atomic E-state index is 0.0374. The van der Waals surface area contributed by atoms with Crippen LogP contribution in [0.3, 0.4) is 0 Å². The second kappa shape index (κ2) is 10.4. The molecule has 4 rings (SSSR count). The minimum atomic E-state index is -0.483. The van der Waals surface area contributed by atoms with Crippen molar-refractivity contribution in [3.05, 3.63) is 102 Å². The Morgan fingerprint density at radius 2 is 1.71 bits per heavy atom. The van der Waals surface area contributed by atoms with Gasteiger partial charge in [-0.1, -0.05) is 58.7 Å². The molecule has 0 aromatic heterocycles. The quantitative estimate of drug-likeness (QED) is 0.176. The zero-order valence-electron chi connectivity index (χ0n) is 17.0. The monoisotopic (exact) mass is 550 g/mol. The molecule has 1 saturated heterocycles. The number of carbonyl (C=O) groups excluding carboxylic acids is 2. The Morgan fingerprint density at radius 3 is 2.38 bits per heavy atom. The maximum absolute atomic E-state index is 12.8. The molecule has 1 aliphatic rings. The van der Waals surface area contributed by atoms with Crippen molar-refractivity contribution < 1.29 is 14.5 Å². The summed E-state index contributed by atoms with van der Waals surface area (Å²) in [4.78, 5) is 39.0. The molecule has 11 heteroatoms. The molecule has 0 spiro atoms. The maximum atomic E-state index is 12.8. The van der Waals surface area contributed by atoms with Crippen LogP contribution < -0.4 is 0 Å². The molecular weight excluding hydrogens is 539 g/mol. The van der Waals surface area contributed by atoms with Crippen LogP contribution in [-0.4, -0.2) is 21.0 Å². The number of hydrogen-bond donors (Lipinski definition) is 0. The van der Waals surface area contributed by atoms with Crippen LogP contribution in [0, 0.1) is 10.1 Å². The highest BCUT2D eigenvalue weighted by molar-refractivity contribution is 8.18. The van der Waals surface area contributed by atoms with Crippen LogP contribution >= 0.6 is 58.3 Å². The van der Waals surface area contributed by atoms with E-state index in [1.54, 1.807) is 54.6 Å². The lowest BCUT2D eigenvalue weighted by atomic mass is 10.1. The average Bonchev–Trinajstić information content (AvgIpc) is 3.06. The molecule has 0 N–H and O–H groups in total. The van der Waals surface area contributed by atoms with E-state index in [0.29, 0.717) is 31.1 Å². The third-order valence-electron chi connectivity index (χ3n) is 4.72. The first kappa shape index (κ1) is 24.6. The van der Waals surface area contributed by atoms with Crippen molar-refractivity contribution in [1.82, 2.24) is 4.90 Å². The molecule has 1 fully saturated rings. The summed E-state index contributed by atoms with van der Waals surface area (Å²) in [5, 5.41) is 12.5. The SMILES string of the molecule is O=C1S/C(=C\c2ccc(Sc3ccc(Cl)cc3)c([N+](=O)[O-])c2)C(=O)N1Cc1ccc(Cl)c(Cl)c1. The topological polar surface area (TPSA) is 80.5 Å². The zero-order valence-corrected chi connectivity index (χ0v) is 20.9. The number of rotatable bonds is 6. The molecule has 0 radical (unpaired) electrons. The van der Waals surface area contributed by atoms with Gasteiger partial charge in [0.1, 0.15) is 0 Å².